The lowest BCUT2D eigenvalue weighted by Crippen LogP contribution is -2.28. The van der Waals surface area contributed by atoms with E-state index in [1.165, 1.54) is 28.4 Å². The molecule has 2 aromatic carbocycles. The molecule has 1 fully saturated rings. The molecule has 0 bridgehead atoms. The highest BCUT2D eigenvalue weighted by Crippen LogP contribution is 2.30. The number of anilines is 1. The normalized spacial score (nSPS) is 13.9. The number of likely N-dealkylation sites (tertiary alicyclic amines) is 1. The Morgan fingerprint density at radius 3 is 2.42 bits per heavy atom. The molecule has 4 rings (SSSR count). The average Bonchev–Trinajstić information content (AvgIpc) is 3.36. The number of imide groups is 1. The van der Waals surface area contributed by atoms with Gasteiger partial charge in [0.2, 0.25) is 17.7 Å². The van der Waals surface area contributed by atoms with Crippen molar-refractivity contribution >= 4 is 40.8 Å². The van der Waals surface area contributed by atoms with Crippen molar-refractivity contribution in [1.82, 2.24) is 4.90 Å². The highest BCUT2D eigenvalue weighted by Gasteiger charge is 2.28. The fourth-order valence-corrected chi connectivity index (χ4v) is 4.20. The molecule has 3 aromatic rings. The second-order valence-corrected chi connectivity index (χ2v) is 8.19. The average molecular weight is 434 g/mol. The van der Waals surface area contributed by atoms with Gasteiger partial charge < -0.3 is 5.32 Å². The molecule has 31 heavy (non-hydrogen) atoms. The number of hydrogen-bond acceptors (Lipinski definition) is 4. The van der Waals surface area contributed by atoms with Crippen molar-refractivity contribution in [3.8, 4) is 10.4 Å². The molecule has 3 amide bonds. The number of carbonyl (C=O) groups excluding carboxylic acids is 3. The van der Waals surface area contributed by atoms with Crippen LogP contribution in [0.5, 0.6) is 0 Å². The second kappa shape index (κ2) is 9.06. The van der Waals surface area contributed by atoms with Gasteiger partial charge in [-0.05, 0) is 42.0 Å². The van der Waals surface area contributed by atoms with Gasteiger partial charge in [-0.2, -0.15) is 0 Å². The second-order valence-electron chi connectivity index (χ2n) is 7.07. The first-order valence-corrected chi connectivity index (χ1v) is 10.6. The summed E-state index contributed by atoms with van der Waals surface area (Å²) in [6, 6.07) is 17.3. The van der Waals surface area contributed by atoms with Crippen LogP contribution in [0.2, 0.25) is 0 Å². The predicted octanol–water partition coefficient (Wildman–Crippen LogP) is 4.86. The van der Waals surface area contributed by atoms with Crippen LogP contribution >= 0.6 is 11.3 Å². The lowest BCUT2D eigenvalue weighted by Gasteiger charge is -2.14. The van der Waals surface area contributed by atoms with Gasteiger partial charge in [-0.15, -0.1) is 11.3 Å². The van der Waals surface area contributed by atoms with Gasteiger partial charge in [0.15, 0.2) is 0 Å². The molecule has 0 aliphatic carbocycles. The van der Waals surface area contributed by atoms with E-state index in [4.69, 9.17) is 0 Å². The Balaban J connectivity index is 1.35. The highest BCUT2D eigenvalue weighted by atomic mass is 32.1. The summed E-state index contributed by atoms with van der Waals surface area (Å²) in [6.07, 6.45) is 3.65. The van der Waals surface area contributed by atoms with E-state index in [2.05, 4.69) is 5.32 Å². The summed E-state index contributed by atoms with van der Waals surface area (Å²) in [4.78, 5) is 38.5. The summed E-state index contributed by atoms with van der Waals surface area (Å²) >= 11 is 1.40. The minimum atomic E-state index is -0.293. The molecular weight excluding hydrogens is 415 g/mol. The molecule has 5 nitrogen and oxygen atoms in total. The maximum atomic E-state index is 13.9. The van der Waals surface area contributed by atoms with Gasteiger partial charge in [-0.1, -0.05) is 30.3 Å². The van der Waals surface area contributed by atoms with E-state index in [-0.39, 0.29) is 42.9 Å². The van der Waals surface area contributed by atoms with Crippen molar-refractivity contribution < 1.29 is 18.8 Å². The Morgan fingerprint density at radius 2 is 1.71 bits per heavy atom. The van der Waals surface area contributed by atoms with E-state index < -0.39 is 0 Å². The van der Waals surface area contributed by atoms with E-state index in [1.807, 2.05) is 12.1 Å². The molecule has 1 N–H and O–H groups in total. The van der Waals surface area contributed by atoms with Gasteiger partial charge in [0, 0.05) is 39.9 Å². The lowest BCUT2D eigenvalue weighted by atomic mass is 10.2. The summed E-state index contributed by atoms with van der Waals surface area (Å²) < 4.78 is 13.9. The van der Waals surface area contributed by atoms with Crippen molar-refractivity contribution in [3.63, 3.8) is 0 Å². The fourth-order valence-electron chi connectivity index (χ4n) is 3.27. The Hall–Kier alpha value is -3.58. The number of benzene rings is 2. The standard InChI is InChI=1S/C24H19FN2O3S/c25-20-4-2-1-3-19(20)21-11-9-18(31-21)10-12-22(28)26-17-7-5-16(6-8-17)15-27-23(29)13-14-24(27)30/h1-12H,13-15H2,(H,26,28)/b12-10+. The Labute approximate surface area is 182 Å². The van der Waals surface area contributed by atoms with Crippen LogP contribution in [-0.2, 0) is 20.9 Å². The van der Waals surface area contributed by atoms with Crippen LogP contribution in [-0.4, -0.2) is 22.6 Å². The van der Waals surface area contributed by atoms with Crippen LogP contribution in [0.15, 0.2) is 66.7 Å². The number of hydrogen-bond donors (Lipinski definition) is 1. The number of rotatable bonds is 6. The first-order chi connectivity index (χ1) is 15.0. The summed E-state index contributed by atoms with van der Waals surface area (Å²) in [5, 5.41) is 2.77. The molecule has 0 saturated carbocycles. The topological polar surface area (TPSA) is 66.5 Å². The van der Waals surface area contributed by atoms with Gasteiger partial charge >= 0.3 is 0 Å². The molecule has 7 heteroatoms. The van der Waals surface area contributed by atoms with E-state index in [0.717, 1.165) is 15.3 Å². The van der Waals surface area contributed by atoms with E-state index in [1.54, 1.807) is 48.5 Å². The van der Waals surface area contributed by atoms with Crippen molar-refractivity contribution in [2.45, 2.75) is 19.4 Å². The first-order valence-electron chi connectivity index (χ1n) is 9.75. The Bertz CT molecular complexity index is 1150. The summed E-state index contributed by atoms with van der Waals surface area (Å²) in [5.74, 6) is -0.878. The van der Waals surface area contributed by atoms with Gasteiger partial charge in [-0.25, -0.2) is 4.39 Å². The summed E-state index contributed by atoms with van der Waals surface area (Å²) in [5.41, 5.74) is 1.96. The zero-order valence-corrected chi connectivity index (χ0v) is 17.3. The van der Waals surface area contributed by atoms with Crippen molar-refractivity contribution in [1.29, 1.82) is 0 Å². The Kier molecular flexibility index (Phi) is 6.04. The molecule has 1 aliphatic rings. The van der Waals surface area contributed by atoms with Crippen LogP contribution in [0.25, 0.3) is 16.5 Å². The molecule has 1 saturated heterocycles. The summed E-state index contributed by atoms with van der Waals surface area (Å²) in [7, 11) is 0. The predicted molar refractivity (Wildman–Crippen MR) is 119 cm³/mol. The number of nitrogens with one attached hydrogen (secondary N) is 1. The van der Waals surface area contributed by atoms with Gasteiger partial charge in [-0.3, -0.25) is 19.3 Å². The number of nitrogens with zero attached hydrogens (tertiary/aromatic N) is 1. The fraction of sp³-hybridized carbons (Fsp3) is 0.125. The quantitative estimate of drug-likeness (QED) is 0.445. The van der Waals surface area contributed by atoms with Crippen LogP contribution in [0.3, 0.4) is 0 Å². The van der Waals surface area contributed by atoms with Gasteiger partial charge in [0.1, 0.15) is 5.82 Å². The number of halogens is 1. The largest absolute Gasteiger partial charge is 0.323 e. The number of amides is 3. The van der Waals surface area contributed by atoms with Crippen molar-refractivity contribution in [2.75, 3.05) is 5.32 Å². The van der Waals surface area contributed by atoms with Crippen LogP contribution in [0.4, 0.5) is 10.1 Å². The molecule has 1 aliphatic heterocycles. The zero-order valence-electron chi connectivity index (χ0n) is 16.5. The van der Waals surface area contributed by atoms with Crippen molar-refractivity contribution in [3.05, 3.63) is 83.0 Å². The van der Waals surface area contributed by atoms with Gasteiger partial charge in [0.25, 0.3) is 0 Å². The molecule has 0 spiro atoms. The van der Waals surface area contributed by atoms with Crippen LogP contribution in [0.1, 0.15) is 23.3 Å². The third kappa shape index (κ3) is 4.95. The zero-order chi connectivity index (χ0) is 21.8. The van der Waals surface area contributed by atoms with E-state index in [0.29, 0.717) is 11.3 Å². The molecular formula is C24H19FN2O3S. The molecule has 0 atom stereocenters. The highest BCUT2D eigenvalue weighted by molar-refractivity contribution is 7.16. The number of thiophene rings is 1. The minimum Gasteiger partial charge on any atom is -0.323 e. The lowest BCUT2D eigenvalue weighted by molar-refractivity contribution is -0.139. The first kappa shape index (κ1) is 20.7. The maximum Gasteiger partial charge on any atom is 0.248 e. The van der Waals surface area contributed by atoms with Crippen LogP contribution < -0.4 is 5.32 Å². The molecule has 156 valence electrons. The molecule has 0 radical (unpaired) electrons. The molecule has 2 heterocycles. The molecule has 1 aromatic heterocycles. The monoisotopic (exact) mass is 434 g/mol. The van der Waals surface area contributed by atoms with Gasteiger partial charge in [0.05, 0.1) is 6.54 Å². The molecule has 0 unspecified atom stereocenters. The third-order valence-corrected chi connectivity index (χ3v) is 5.97. The SMILES string of the molecule is O=C(/C=C/c1ccc(-c2ccccc2F)s1)Nc1ccc(CN2C(=O)CCC2=O)cc1. The summed E-state index contributed by atoms with van der Waals surface area (Å²) in [6.45, 7) is 0.245. The minimum absolute atomic E-state index is 0.153. The van der Waals surface area contributed by atoms with Crippen molar-refractivity contribution in [2.24, 2.45) is 0 Å². The van der Waals surface area contributed by atoms with E-state index >= 15 is 0 Å². The Morgan fingerprint density at radius 1 is 1.00 bits per heavy atom. The number of carbonyl (C=O) groups is 3. The van der Waals surface area contributed by atoms with Crippen LogP contribution in [0, 0.1) is 5.82 Å². The third-order valence-electron chi connectivity index (χ3n) is 4.88. The van der Waals surface area contributed by atoms with E-state index in [9.17, 15) is 18.8 Å². The maximum absolute atomic E-state index is 13.9. The smallest absolute Gasteiger partial charge is 0.248 e.